The number of para-hydroxylation sites is 2. The molecule has 1 amide bonds. The molecule has 2 aromatic rings. The molecule has 1 heterocycles. The maximum absolute atomic E-state index is 12.4. The van der Waals surface area contributed by atoms with Crippen molar-refractivity contribution >= 4 is 16.9 Å². The number of carbonyl (C=O) groups is 1. The molecule has 2 N–H and O–H groups in total. The molecule has 6 heteroatoms. The van der Waals surface area contributed by atoms with Gasteiger partial charge in [-0.3, -0.25) is 4.79 Å². The molecule has 2 rings (SSSR count). The molecule has 0 radical (unpaired) electrons. The number of aromatic nitrogens is 2. The predicted molar refractivity (Wildman–Crippen MR) is 95.5 cm³/mol. The van der Waals surface area contributed by atoms with Gasteiger partial charge < -0.3 is 22.8 Å². The second-order valence-electron chi connectivity index (χ2n) is 7.45. The van der Waals surface area contributed by atoms with Crippen LogP contribution in [0.15, 0.2) is 30.6 Å². The molecule has 0 spiro atoms. The Morgan fingerprint density at radius 2 is 2.00 bits per heavy atom. The first-order chi connectivity index (χ1) is 11.4. The van der Waals surface area contributed by atoms with Crippen molar-refractivity contribution in [2.45, 2.75) is 59.7 Å². The fourth-order valence-corrected chi connectivity index (χ4v) is 2.81. The van der Waals surface area contributed by atoms with Crippen LogP contribution in [0.3, 0.4) is 0 Å². The molecule has 5 nitrogen and oxygen atoms in total. The van der Waals surface area contributed by atoms with E-state index in [0.717, 1.165) is 30.4 Å². The number of rotatable bonds is 7. The van der Waals surface area contributed by atoms with Crippen LogP contribution in [0.4, 0.5) is 0 Å². The number of fused-ring (bicyclic) bond motifs is 1. The third-order valence-corrected chi connectivity index (χ3v) is 4.41. The summed E-state index contributed by atoms with van der Waals surface area (Å²) in [5, 5.41) is 12.5. The zero-order chi connectivity index (χ0) is 17.7. The van der Waals surface area contributed by atoms with E-state index in [9.17, 15) is 9.90 Å². The van der Waals surface area contributed by atoms with Crippen LogP contribution in [-0.4, -0.2) is 28.2 Å². The van der Waals surface area contributed by atoms with E-state index in [1.54, 1.807) is 0 Å². The largest absolute Gasteiger partial charge is 1.00 e. The maximum Gasteiger partial charge on any atom is 0.262 e. The minimum atomic E-state index is -0.251. The Morgan fingerprint density at radius 1 is 1.32 bits per heavy atom. The molecule has 1 aromatic heterocycles. The topological polar surface area (TPSA) is 58.1 Å². The summed E-state index contributed by atoms with van der Waals surface area (Å²) in [6.45, 7) is 9.36. The summed E-state index contributed by atoms with van der Waals surface area (Å²) in [5.74, 6) is -0.0765. The smallest absolute Gasteiger partial charge is 0.262 e. The summed E-state index contributed by atoms with van der Waals surface area (Å²) in [4.78, 5) is 12.4. The number of amides is 1. The minimum absolute atomic E-state index is 0. The highest BCUT2D eigenvalue weighted by Crippen LogP contribution is 2.18. The Balaban J connectivity index is 0.00000312. The number of hydrogen-bond acceptors (Lipinski definition) is 2. The summed E-state index contributed by atoms with van der Waals surface area (Å²) in [6.07, 6.45) is 4.27. The van der Waals surface area contributed by atoms with Crippen LogP contribution in [-0.2, 0) is 17.9 Å². The van der Waals surface area contributed by atoms with Gasteiger partial charge in [0.15, 0.2) is 17.6 Å². The second kappa shape index (κ2) is 9.20. The van der Waals surface area contributed by atoms with Gasteiger partial charge in [-0.25, -0.2) is 9.13 Å². The third kappa shape index (κ3) is 5.44. The SMILES string of the molecule is CCCCn1c[n+](CC(=O)N[C@H](CO)C(C)(C)C)c2ccccc21.[Cl-]. The van der Waals surface area contributed by atoms with Gasteiger partial charge in [0.1, 0.15) is 0 Å². The fraction of sp³-hybridized carbons (Fsp3) is 0.579. The quantitative estimate of drug-likeness (QED) is 0.633. The monoisotopic (exact) mass is 367 g/mol. The molecule has 0 bridgehead atoms. The van der Waals surface area contributed by atoms with Crippen LogP contribution in [0.1, 0.15) is 40.5 Å². The van der Waals surface area contributed by atoms with Crippen molar-refractivity contribution in [3.63, 3.8) is 0 Å². The van der Waals surface area contributed by atoms with Crippen LogP contribution in [0, 0.1) is 5.41 Å². The van der Waals surface area contributed by atoms with Gasteiger partial charge in [0.25, 0.3) is 5.91 Å². The van der Waals surface area contributed by atoms with Crippen LogP contribution >= 0.6 is 0 Å². The number of unbranched alkanes of at least 4 members (excludes halogenated alkanes) is 1. The Bertz CT molecular complexity index is 692. The van der Waals surface area contributed by atoms with Crippen LogP contribution < -0.4 is 22.3 Å². The summed E-state index contributed by atoms with van der Waals surface area (Å²) in [5.41, 5.74) is 2.03. The van der Waals surface area contributed by atoms with E-state index in [1.165, 1.54) is 0 Å². The molecule has 0 aliphatic rings. The number of aryl methyl sites for hydroxylation is 1. The van der Waals surface area contributed by atoms with Crippen molar-refractivity contribution in [1.29, 1.82) is 0 Å². The van der Waals surface area contributed by atoms with Gasteiger partial charge in [-0.15, -0.1) is 0 Å². The first-order valence-electron chi connectivity index (χ1n) is 8.74. The highest BCUT2D eigenvalue weighted by molar-refractivity contribution is 5.76. The number of benzene rings is 1. The highest BCUT2D eigenvalue weighted by Gasteiger charge is 2.26. The van der Waals surface area contributed by atoms with E-state index in [-0.39, 0.29) is 42.9 Å². The lowest BCUT2D eigenvalue weighted by Gasteiger charge is -2.29. The van der Waals surface area contributed by atoms with Gasteiger partial charge in [-0.05, 0) is 24.0 Å². The lowest BCUT2D eigenvalue weighted by molar-refractivity contribution is -0.659. The molecular formula is C19H30ClN3O2. The van der Waals surface area contributed by atoms with Crippen LogP contribution in [0.25, 0.3) is 11.0 Å². The first-order valence-corrected chi connectivity index (χ1v) is 8.74. The van der Waals surface area contributed by atoms with E-state index in [2.05, 4.69) is 22.9 Å². The van der Waals surface area contributed by atoms with Crippen molar-refractivity contribution in [2.24, 2.45) is 5.41 Å². The summed E-state index contributed by atoms with van der Waals surface area (Å²) >= 11 is 0. The molecule has 0 saturated carbocycles. The van der Waals surface area contributed by atoms with E-state index >= 15 is 0 Å². The predicted octanol–water partition coefficient (Wildman–Crippen LogP) is -0.744. The molecule has 0 saturated heterocycles. The number of nitrogens with zero attached hydrogens (tertiary/aromatic N) is 2. The number of imidazole rings is 1. The Morgan fingerprint density at radius 3 is 2.60 bits per heavy atom. The standard InChI is InChI=1S/C19H29N3O2.ClH/c1-5-6-11-21-14-22(16-10-8-7-9-15(16)21)12-18(24)20-17(13-23)19(2,3)4;/h7-10,14,17,23H,5-6,11-13H2,1-4H3;1H/t17-;/m1./s1. The van der Waals surface area contributed by atoms with Gasteiger partial charge >= 0.3 is 0 Å². The average Bonchev–Trinajstić information content (AvgIpc) is 2.87. The first kappa shape index (κ1) is 21.5. The van der Waals surface area contributed by atoms with Gasteiger partial charge in [-0.1, -0.05) is 46.2 Å². The molecule has 0 aliphatic heterocycles. The fourth-order valence-electron chi connectivity index (χ4n) is 2.81. The molecule has 1 aromatic carbocycles. The van der Waals surface area contributed by atoms with Crippen LogP contribution in [0.5, 0.6) is 0 Å². The van der Waals surface area contributed by atoms with Crippen molar-refractivity contribution in [3.8, 4) is 0 Å². The van der Waals surface area contributed by atoms with Crippen molar-refractivity contribution in [1.82, 2.24) is 9.88 Å². The number of aliphatic hydroxyl groups is 1. The number of nitrogens with one attached hydrogen (secondary N) is 1. The van der Waals surface area contributed by atoms with Gasteiger partial charge in [-0.2, -0.15) is 0 Å². The molecule has 140 valence electrons. The Kier molecular flexibility index (Phi) is 7.90. The van der Waals surface area contributed by atoms with Gasteiger partial charge in [0.05, 0.1) is 19.2 Å². The maximum atomic E-state index is 12.4. The molecular weight excluding hydrogens is 338 g/mol. The molecule has 0 aliphatic carbocycles. The second-order valence-corrected chi connectivity index (χ2v) is 7.45. The zero-order valence-corrected chi connectivity index (χ0v) is 16.4. The van der Waals surface area contributed by atoms with E-state index < -0.39 is 0 Å². The number of hydrogen-bond donors (Lipinski definition) is 2. The highest BCUT2D eigenvalue weighted by atomic mass is 35.5. The van der Waals surface area contributed by atoms with Crippen LogP contribution in [0.2, 0.25) is 0 Å². The molecule has 0 fully saturated rings. The number of halogens is 1. The zero-order valence-electron chi connectivity index (χ0n) is 15.6. The van der Waals surface area contributed by atoms with Crippen molar-refractivity contribution in [3.05, 3.63) is 30.6 Å². The van der Waals surface area contributed by atoms with Gasteiger partial charge in [0, 0.05) is 0 Å². The average molecular weight is 368 g/mol. The van der Waals surface area contributed by atoms with Crippen molar-refractivity contribution < 1.29 is 26.9 Å². The summed E-state index contributed by atoms with van der Waals surface area (Å²) < 4.78 is 4.19. The lowest BCUT2D eigenvalue weighted by atomic mass is 9.87. The minimum Gasteiger partial charge on any atom is -1.00 e. The number of carbonyl (C=O) groups excluding carboxylic acids is 1. The normalized spacial score (nSPS) is 12.7. The van der Waals surface area contributed by atoms with E-state index in [0.29, 0.717) is 0 Å². The Hall–Kier alpha value is -1.59. The summed E-state index contributed by atoms with van der Waals surface area (Å²) in [7, 11) is 0. The lowest BCUT2D eigenvalue weighted by Crippen LogP contribution is -3.00. The van der Waals surface area contributed by atoms with Crippen molar-refractivity contribution in [2.75, 3.05) is 6.61 Å². The Labute approximate surface area is 156 Å². The molecule has 25 heavy (non-hydrogen) atoms. The number of aliphatic hydroxyl groups excluding tert-OH is 1. The molecule has 0 unspecified atom stereocenters. The third-order valence-electron chi connectivity index (χ3n) is 4.41. The van der Waals surface area contributed by atoms with Gasteiger partial charge in [0.2, 0.25) is 6.33 Å². The summed E-state index contributed by atoms with van der Waals surface area (Å²) in [6, 6.07) is 7.89. The molecule has 1 atom stereocenters. The van der Waals surface area contributed by atoms with E-state index in [1.807, 2.05) is 49.9 Å². The van der Waals surface area contributed by atoms with E-state index in [4.69, 9.17) is 0 Å².